The Morgan fingerprint density at radius 3 is 2.55 bits per heavy atom. The first-order chi connectivity index (χ1) is 9.47. The fourth-order valence-corrected chi connectivity index (χ4v) is 2.90. The van der Waals surface area contributed by atoms with Crippen molar-refractivity contribution < 1.29 is 4.79 Å². The fourth-order valence-electron chi connectivity index (χ4n) is 2.53. The molecule has 1 amide bonds. The number of hydrogen-bond acceptors (Lipinski definition) is 3. The van der Waals surface area contributed by atoms with Gasteiger partial charge >= 0.3 is 0 Å². The number of rotatable bonds is 3. The van der Waals surface area contributed by atoms with E-state index >= 15 is 0 Å². The summed E-state index contributed by atoms with van der Waals surface area (Å²) in [6.07, 6.45) is 0. The second-order valence-electron chi connectivity index (χ2n) is 5.72. The van der Waals surface area contributed by atoms with E-state index in [1.165, 1.54) is 0 Å². The van der Waals surface area contributed by atoms with Crippen molar-refractivity contribution in [1.82, 2.24) is 9.80 Å². The summed E-state index contributed by atoms with van der Waals surface area (Å²) in [4.78, 5) is 16.8. The number of carbonyl (C=O) groups is 1. The standard InChI is InChI=1S/C15H22BrN3O/c1-11(2)10-18-5-7-19(8-6-18)15(20)13-9-12(16)3-4-14(13)17/h3-4,9,11H,5-8,10,17H2,1-2H3. The Morgan fingerprint density at radius 2 is 1.95 bits per heavy atom. The van der Waals surface area contributed by atoms with Crippen LogP contribution in [0.1, 0.15) is 24.2 Å². The van der Waals surface area contributed by atoms with Gasteiger partial charge in [0, 0.05) is 42.9 Å². The molecule has 1 aromatic carbocycles. The predicted molar refractivity (Wildman–Crippen MR) is 85.7 cm³/mol. The molecule has 1 heterocycles. The van der Waals surface area contributed by atoms with E-state index < -0.39 is 0 Å². The lowest BCUT2D eigenvalue weighted by Gasteiger charge is -2.35. The lowest BCUT2D eigenvalue weighted by atomic mass is 10.1. The van der Waals surface area contributed by atoms with Gasteiger partial charge in [-0.1, -0.05) is 29.8 Å². The van der Waals surface area contributed by atoms with E-state index in [0.717, 1.165) is 37.2 Å². The summed E-state index contributed by atoms with van der Waals surface area (Å²) in [5.41, 5.74) is 7.05. The molecule has 2 N–H and O–H groups in total. The van der Waals surface area contributed by atoms with Crippen molar-refractivity contribution in [1.29, 1.82) is 0 Å². The van der Waals surface area contributed by atoms with E-state index in [1.54, 1.807) is 12.1 Å². The molecular formula is C15H22BrN3O. The average molecular weight is 340 g/mol. The molecule has 2 rings (SSSR count). The first kappa shape index (κ1) is 15.3. The molecule has 0 unspecified atom stereocenters. The highest BCUT2D eigenvalue weighted by molar-refractivity contribution is 9.10. The Balaban J connectivity index is 2.00. The third-order valence-electron chi connectivity index (χ3n) is 3.53. The normalized spacial score (nSPS) is 16.7. The zero-order valence-corrected chi connectivity index (χ0v) is 13.7. The van der Waals surface area contributed by atoms with Gasteiger partial charge in [-0.25, -0.2) is 0 Å². The Hall–Kier alpha value is -1.07. The summed E-state index contributed by atoms with van der Waals surface area (Å²) in [7, 11) is 0. The molecule has 1 aliphatic heterocycles. The van der Waals surface area contributed by atoms with Crippen LogP contribution < -0.4 is 5.73 Å². The van der Waals surface area contributed by atoms with E-state index in [-0.39, 0.29) is 5.91 Å². The maximum Gasteiger partial charge on any atom is 0.256 e. The van der Waals surface area contributed by atoms with E-state index in [2.05, 4.69) is 34.7 Å². The molecule has 1 aliphatic rings. The van der Waals surface area contributed by atoms with Crippen LogP contribution in [0.3, 0.4) is 0 Å². The van der Waals surface area contributed by atoms with Crippen LogP contribution in [0, 0.1) is 5.92 Å². The van der Waals surface area contributed by atoms with Crippen LogP contribution in [0.15, 0.2) is 22.7 Å². The third kappa shape index (κ3) is 3.73. The summed E-state index contributed by atoms with van der Waals surface area (Å²) in [6.45, 7) is 8.98. The lowest BCUT2D eigenvalue weighted by molar-refractivity contribution is 0.0625. The molecule has 0 radical (unpaired) electrons. The number of nitrogens with zero attached hydrogens (tertiary/aromatic N) is 2. The maximum atomic E-state index is 12.5. The van der Waals surface area contributed by atoms with Crippen molar-refractivity contribution in [3.05, 3.63) is 28.2 Å². The van der Waals surface area contributed by atoms with Crippen LogP contribution in [0.25, 0.3) is 0 Å². The Bertz CT molecular complexity index is 482. The second-order valence-corrected chi connectivity index (χ2v) is 6.63. The van der Waals surface area contributed by atoms with Crippen molar-refractivity contribution >= 4 is 27.5 Å². The summed E-state index contributed by atoms with van der Waals surface area (Å²) < 4.78 is 0.883. The van der Waals surface area contributed by atoms with Crippen molar-refractivity contribution in [2.24, 2.45) is 5.92 Å². The molecule has 0 spiro atoms. The Labute approximate surface area is 129 Å². The van der Waals surface area contributed by atoms with E-state index in [9.17, 15) is 4.79 Å². The molecule has 1 saturated heterocycles. The molecule has 1 aromatic rings. The summed E-state index contributed by atoms with van der Waals surface area (Å²) in [6, 6.07) is 5.43. The topological polar surface area (TPSA) is 49.6 Å². The maximum absolute atomic E-state index is 12.5. The number of hydrogen-bond donors (Lipinski definition) is 1. The van der Waals surface area contributed by atoms with Gasteiger partial charge in [-0.05, 0) is 24.1 Å². The van der Waals surface area contributed by atoms with Gasteiger partial charge in [0.25, 0.3) is 5.91 Å². The smallest absolute Gasteiger partial charge is 0.256 e. The lowest BCUT2D eigenvalue weighted by Crippen LogP contribution is -2.49. The van der Waals surface area contributed by atoms with Crippen LogP contribution in [0.5, 0.6) is 0 Å². The number of benzene rings is 1. The minimum absolute atomic E-state index is 0.0352. The molecule has 0 saturated carbocycles. The van der Waals surface area contributed by atoms with Crippen molar-refractivity contribution in [3.63, 3.8) is 0 Å². The molecule has 0 aromatic heterocycles. The predicted octanol–water partition coefficient (Wildman–Crippen LogP) is 2.45. The van der Waals surface area contributed by atoms with Crippen molar-refractivity contribution in [3.8, 4) is 0 Å². The molecule has 110 valence electrons. The quantitative estimate of drug-likeness (QED) is 0.860. The summed E-state index contributed by atoms with van der Waals surface area (Å²) in [5.74, 6) is 0.700. The number of amides is 1. The van der Waals surface area contributed by atoms with Gasteiger partial charge in [0.2, 0.25) is 0 Å². The first-order valence-electron chi connectivity index (χ1n) is 7.04. The third-order valence-corrected chi connectivity index (χ3v) is 4.02. The minimum atomic E-state index is 0.0352. The van der Waals surface area contributed by atoms with E-state index in [0.29, 0.717) is 17.2 Å². The highest BCUT2D eigenvalue weighted by atomic mass is 79.9. The SMILES string of the molecule is CC(C)CN1CCN(C(=O)c2cc(Br)ccc2N)CC1. The van der Waals surface area contributed by atoms with E-state index in [1.807, 2.05) is 11.0 Å². The highest BCUT2D eigenvalue weighted by Crippen LogP contribution is 2.20. The van der Waals surface area contributed by atoms with Crippen LogP contribution in [-0.2, 0) is 0 Å². The van der Waals surface area contributed by atoms with Crippen LogP contribution in [-0.4, -0.2) is 48.4 Å². The van der Waals surface area contributed by atoms with Crippen LogP contribution in [0.4, 0.5) is 5.69 Å². The first-order valence-corrected chi connectivity index (χ1v) is 7.83. The van der Waals surface area contributed by atoms with Crippen molar-refractivity contribution in [2.45, 2.75) is 13.8 Å². The number of carbonyl (C=O) groups excluding carboxylic acids is 1. The molecule has 1 fully saturated rings. The number of nitrogens with two attached hydrogens (primary N) is 1. The molecule has 0 atom stereocenters. The summed E-state index contributed by atoms with van der Waals surface area (Å²) >= 11 is 3.39. The van der Waals surface area contributed by atoms with Gasteiger partial charge in [-0.2, -0.15) is 0 Å². The van der Waals surface area contributed by atoms with Gasteiger partial charge in [0.15, 0.2) is 0 Å². The Morgan fingerprint density at radius 1 is 1.30 bits per heavy atom. The van der Waals surface area contributed by atoms with E-state index in [4.69, 9.17) is 5.73 Å². The van der Waals surface area contributed by atoms with Crippen molar-refractivity contribution in [2.75, 3.05) is 38.5 Å². The zero-order valence-electron chi connectivity index (χ0n) is 12.1. The number of piperazine rings is 1. The largest absolute Gasteiger partial charge is 0.398 e. The second kappa shape index (κ2) is 6.59. The van der Waals surface area contributed by atoms with Crippen LogP contribution in [0.2, 0.25) is 0 Å². The fraction of sp³-hybridized carbons (Fsp3) is 0.533. The average Bonchev–Trinajstić information content (AvgIpc) is 2.41. The van der Waals surface area contributed by atoms with Gasteiger partial charge in [0.05, 0.1) is 5.56 Å². The van der Waals surface area contributed by atoms with Gasteiger partial charge in [0.1, 0.15) is 0 Å². The highest BCUT2D eigenvalue weighted by Gasteiger charge is 2.23. The molecule has 4 nitrogen and oxygen atoms in total. The number of anilines is 1. The molecule has 5 heteroatoms. The monoisotopic (exact) mass is 339 g/mol. The Kier molecular flexibility index (Phi) is 5.05. The number of halogens is 1. The van der Waals surface area contributed by atoms with Crippen LogP contribution >= 0.6 is 15.9 Å². The number of nitrogen functional groups attached to an aromatic ring is 1. The zero-order chi connectivity index (χ0) is 14.7. The molecule has 20 heavy (non-hydrogen) atoms. The minimum Gasteiger partial charge on any atom is -0.398 e. The van der Waals surface area contributed by atoms with Gasteiger partial charge in [-0.15, -0.1) is 0 Å². The summed E-state index contributed by atoms with van der Waals surface area (Å²) in [5, 5.41) is 0. The molecule has 0 aliphatic carbocycles. The molecular weight excluding hydrogens is 318 g/mol. The van der Waals surface area contributed by atoms with Gasteiger partial charge in [-0.3, -0.25) is 9.69 Å². The molecule has 0 bridgehead atoms. The van der Waals surface area contributed by atoms with Gasteiger partial charge < -0.3 is 10.6 Å².